The van der Waals surface area contributed by atoms with Crippen molar-refractivity contribution in [2.75, 3.05) is 6.61 Å². The van der Waals surface area contributed by atoms with Crippen LogP contribution in [0.25, 0.3) is 5.57 Å². The van der Waals surface area contributed by atoms with Gasteiger partial charge >= 0.3 is 5.97 Å². The molecule has 0 bridgehead atoms. The Balaban J connectivity index is 3.07. The van der Waals surface area contributed by atoms with E-state index in [2.05, 4.69) is 0 Å². The smallest absolute Gasteiger partial charge is 0.338 e. The van der Waals surface area contributed by atoms with E-state index in [0.29, 0.717) is 12.2 Å². The molecule has 0 aliphatic rings. The fourth-order valence-corrected chi connectivity index (χ4v) is 1.58. The average Bonchev–Trinajstić information content (AvgIpc) is 2.33. The zero-order valence-electron chi connectivity index (χ0n) is 11.5. The van der Waals surface area contributed by atoms with E-state index in [0.717, 1.165) is 11.6 Å². The van der Waals surface area contributed by atoms with Crippen LogP contribution in [-0.4, -0.2) is 18.5 Å². The molecule has 1 rings (SSSR count). The highest BCUT2D eigenvalue weighted by molar-refractivity contribution is 6.21. The van der Waals surface area contributed by atoms with Gasteiger partial charge in [-0.1, -0.05) is 38.1 Å². The molecule has 0 atom stereocenters. The second-order valence-corrected chi connectivity index (χ2v) is 4.77. The van der Waals surface area contributed by atoms with Crippen LogP contribution in [0.3, 0.4) is 0 Å². The standard InChI is InChI=1S/C15H19NO3/c1-10(2)9-19-15(18)13(8-14(16)17)12-7-5-4-6-11(12)3/h4-8,10H,9H2,1-3H3,(H2,16,17)/b13-8-. The summed E-state index contributed by atoms with van der Waals surface area (Å²) in [6, 6.07) is 7.29. The number of carbonyl (C=O) groups is 2. The van der Waals surface area contributed by atoms with Gasteiger partial charge in [-0.25, -0.2) is 4.79 Å². The number of rotatable bonds is 5. The highest BCUT2D eigenvalue weighted by atomic mass is 16.5. The summed E-state index contributed by atoms with van der Waals surface area (Å²) in [5.74, 6) is -0.961. The molecule has 0 aromatic heterocycles. The Kier molecular flexibility index (Phi) is 5.30. The van der Waals surface area contributed by atoms with Crippen LogP contribution in [-0.2, 0) is 14.3 Å². The van der Waals surface area contributed by atoms with Crippen LogP contribution in [0, 0.1) is 12.8 Å². The number of primary amides is 1. The SMILES string of the molecule is Cc1ccccc1/C(=C/C(N)=O)C(=O)OCC(C)C. The van der Waals surface area contributed by atoms with Crippen LogP contribution in [0.4, 0.5) is 0 Å². The Morgan fingerprint density at radius 3 is 2.47 bits per heavy atom. The largest absolute Gasteiger partial charge is 0.462 e. The first-order valence-corrected chi connectivity index (χ1v) is 6.16. The molecule has 0 radical (unpaired) electrons. The van der Waals surface area contributed by atoms with Gasteiger partial charge in [0.25, 0.3) is 0 Å². The van der Waals surface area contributed by atoms with E-state index in [9.17, 15) is 9.59 Å². The Morgan fingerprint density at radius 2 is 1.95 bits per heavy atom. The van der Waals surface area contributed by atoms with Crippen LogP contribution in [0.1, 0.15) is 25.0 Å². The van der Waals surface area contributed by atoms with Crippen LogP contribution in [0.2, 0.25) is 0 Å². The van der Waals surface area contributed by atoms with Crippen LogP contribution >= 0.6 is 0 Å². The van der Waals surface area contributed by atoms with E-state index < -0.39 is 11.9 Å². The predicted molar refractivity (Wildman–Crippen MR) is 74.1 cm³/mol. The average molecular weight is 261 g/mol. The lowest BCUT2D eigenvalue weighted by Crippen LogP contribution is -2.15. The summed E-state index contributed by atoms with van der Waals surface area (Å²) in [5.41, 5.74) is 6.90. The van der Waals surface area contributed by atoms with Crippen LogP contribution in [0.15, 0.2) is 30.3 Å². The minimum Gasteiger partial charge on any atom is -0.462 e. The number of hydrogen-bond donors (Lipinski definition) is 1. The summed E-state index contributed by atoms with van der Waals surface area (Å²) >= 11 is 0. The van der Waals surface area contributed by atoms with E-state index in [-0.39, 0.29) is 11.5 Å². The highest BCUT2D eigenvalue weighted by Crippen LogP contribution is 2.20. The van der Waals surface area contributed by atoms with E-state index in [1.807, 2.05) is 32.9 Å². The van der Waals surface area contributed by atoms with Gasteiger partial charge in [-0.05, 0) is 24.0 Å². The number of esters is 1. The molecule has 0 saturated carbocycles. The second-order valence-electron chi connectivity index (χ2n) is 4.77. The first kappa shape index (κ1) is 15.0. The molecule has 0 aliphatic carbocycles. The lowest BCUT2D eigenvalue weighted by molar-refractivity contribution is -0.137. The van der Waals surface area contributed by atoms with E-state index >= 15 is 0 Å². The van der Waals surface area contributed by atoms with Crippen molar-refractivity contribution in [1.29, 1.82) is 0 Å². The number of aryl methyl sites for hydroxylation is 1. The van der Waals surface area contributed by atoms with Gasteiger partial charge in [-0.2, -0.15) is 0 Å². The number of carbonyl (C=O) groups excluding carboxylic acids is 2. The third-order valence-electron chi connectivity index (χ3n) is 2.49. The molecular weight excluding hydrogens is 242 g/mol. The van der Waals surface area contributed by atoms with E-state index in [1.165, 1.54) is 0 Å². The number of hydrogen-bond acceptors (Lipinski definition) is 3. The molecule has 4 nitrogen and oxygen atoms in total. The van der Waals surface area contributed by atoms with Crippen LogP contribution in [0.5, 0.6) is 0 Å². The van der Waals surface area contributed by atoms with Gasteiger partial charge in [-0.15, -0.1) is 0 Å². The Labute approximate surface area is 113 Å². The normalized spacial score (nSPS) is 11.5. The topological polar surface area (TPSA) is 69.4 Å². The third kappa shape index (κ3) is 4.58. The molecule has 1 aromatic rings. The van der Waals surface area contributed by atoms with Gasteiger partial charge in [-0.3, -0.25) is 4.79 Å². The monoisotopic (exact) mass is 261 g/mol. The molecular formula is C15H19NO3. The number of ether oxygens (including phenoxy) is 1. The predicted octanol–water partition coefficient (Wildman–Crippen LogP) is 2.06. The zero-order valence-corrected chi connectivity index (χ0v) is 11.5. The van der Waals surface area contributed by atoms with Crippen molar-refractivity contribution in [3.63, 3.8) is 0 Å². The number of amides is 1. The van der Waals surface area contributed by atoms with E-state index in [1.54, 1.807) is 12.1 Å². The second kappa shape index (κ2) is 6.73. The van der Waals surface area contributed by atoms with Crippen molar-refractivity contribution in [1.82, 2.24) is 0 Å². The van der Waals surface area contributed by atoms with Gasteiger partial charge < -0.3 is 10.5 Å². The Hall–Kier alpha value is -2.10. The fourth-order valence-electron chi connectivity index (χ4n) is 1.58. The lowest BCUT2D eigenvalue weighted by atomic mass is 10.0. The zero-order chi connectivity index (χ0) is 14.4. The molecule has 4 heteroatoms. The maximum absolute atomic E-state index is 12.0. The summed E-state index contributed by atoms with van der Waals surface area (Å²) in [7, 11) is 0. The molecule has 0 aliphatic heterocycles. The lowest BCUT2D eigenvalue weighted by Gasteiger charge is -2.11. The van der Waals surface area contributed by atoms with Gasteiger partial charge in [0.2, 0.25) is 5.91 Å². The summed E-state index contributed by atoms with van der Waals surface area (Å²) in [5, 5.41) is 0. The molecule has 0 heterocycles. The van der Waals surface area contributed by atoms with Crippen molar-refractivity contribution >= 4 is 17.4 Å². The Bertz CT molecular complexity index is 504. The van der Waals surface area contributed by atoms with Crippen molar-refractivity contribution < 1.29 is 14.3 Å². The molecule has 2 N–H and O–H groups in total. The maximum atomic E-state index is 12.0. The minimum atomic E-state index is -0.667. The van der Waals surface area contributed by atoms with Crippen molar-refractivity contribution in [3.05, 3.63) is 41.5 Å². The van der Waals surface area contributed by atoms with Gasteiger partial charge in [0.05, 0.1) is 12.2 Å². The molecule has 1 aromatic carbocycles. The summed E-state index contributed by atoms with van der Waals surface area (Å²) in [6.07, 6.45) is 1.12. The van der Waals surface area contributed by atoms with Crippen molar-refractivity contribution in [2.45, 2.75) is 20.8 Å². The number of nitrogens with two attached hydrogens (primary N) is 1. The molecule has 1 amide bonds. The van der Waals surface area contributed by atoms with Crippen molar-refractivity contribution in [3.8, 4) is 0 Å². The summed E-state index contributed by atoms with van der Waals surface area (Å²) in [6.45, 7) is 6.05. The van der Waals surface area contributed by atoms with Crippen LogP contribution < -0.4 is 5.73 Å². The maximum Gasteiger partial charge on any atom is 0.338 e. The first-order chi connectivity index (χ1) is 8.91. The van der Waals surface area contributed by atoms with Gasteiger partial charge in [0, 0.05) is 6.08 Å². The molecule has 0 spiro atoms. The molecule has 0 saturated heterocycles. The molecule has 102 valence electrons. The molecule has 19 heavy (non-hydrogen) atoms. The van der Waals surface area contributed by atoms with Crippen molar-refractivity contribution in [2.24, 2.45) is 11.7 Å². The number of benzene rings is 1. The first-order valence-electron chi connectivity index (χ1n) is 6.16. The minimum absolute atomic E-state index is 0.200. The molecule has 0 fully saturated rings. The summed E-state index contributed by atoms with van der Waals surface area (Å²) < 4.78 is 5.16. The van der Waals surface area contributed by atoms with E-state index in [4.69, 9.17) is 10.5 Å². The van der Waals surface area contributed by atoms with Gasteiger partial charge in [0.1, 0.15) is 0 Å². The third-order valence-corrected chi connectivity index (χ3v) is 2.49. The Morgan fingerprint density at radius 1 is 1.32 bits per heavy atom. The quantitative estimate of drug-likeness (QED) is 0.651. The van der Waals surface area contributed by atoms with Gasteiger partial charge in [0.15, 0.2) is 0 Å². The highest BCUT2D eigenvalue weighted by Gasteiger charge is 2.16. The summed E-state index contributed by atoms with van der Waals surface area (Å²) in [4.78, 5) is 23.1. The fraction of sp³-hybridized carbons (Fsp3) is 0.333. The molecule has 0 unspecified atom stereocenters.